The smallest absolute Gasteiger partial charge is 0.0463 e. The first kappa shape index (κ1) is 33.7. The van der Waals surface area contributed by atoms with E-state index in [2.05, 4.69) is 109 Å². The molecule has 0 aliphatic carbocycles. The molecule has 1 fully saturated rings. The fourth-order valence-electron chi connectivity index (χ4n) is 7.45. The summed E-state index contributed by atoms with van der Waals surface area (Å²) >= 11 is 12.8. The fraction of sp³-hybridized carbons (Fsp3) is 0.415. The minimum absolute atomic E-state index is 0.197. The molecule has 4 heteroatoms. The lowest BCUT2D eigenvalue weighted by molar-refractivity contribution is 0.110. The molecule has 1 aliphatic heterocycles. The molecule has 0 aromatic heterocycles. The maximum absolute atomic E-state index is 6.41. The highest BCUT2D eigenvalue weighted by Gasteiger charge is 2.40. The molecule has 5 rings (SSSR count). The van der Waals surface area contributed by atoms with Crippen LogP contribution in [0.25, 0.3) is 0 Å². The average Bonchev–Trinajstić information content (AvgIpc) is 3.09. The van der Waals surface area contributed by atoms with Crippen molar-refractivity contribution in [3.05, 3.63) is 141 Å². The number of piperidine rings is 1. The SMILES string of the molecule is CCCCN(CCCC)CC1(c2ccccc2)CCN(CCC(c2ccccc2)(c2ccc(Cl)cc2)c2ccc(Cl)cc2)CC1. The number of likely N-dealkylation sites (tertiary alicyclic amines) is 1. The van der Waals surface area contributed by atoms with Crippen molar-refractivity contribution in [1.29, 1.82) is 0 Å². The van der Waals surface area contributed by atoms with Crippen molar-refractivity contribution in [3.63, 3.8) is 0 Å². The van der Waals surface area contributed by atoms with Crippen molar-refractivity contribution >= 4 is 23.2 Å². The summed E-state index contributed by atoms with van der Waals surface area (Å²) in [5.41, 5.74) is 5.22. The van der Waals surface area contributed by atoms with Crippen LogP contribution in [0.1, 0.15) is 81.0 Å². The first-order valence-electron chi connectivity index (χ1n) is 17.1. The van der Waals surface area contributed by atoms with Crippen LogP contribution in [0.2, 0.25) is 10.0 Å². The molecule has 4 aromatic rings. The maximum atomic E-state index is 6.41. The van der Waals surface area contributed by atoms with E-state index in [0.29, 0.717) is 0 Å². The molecule has 238 valence electrons. The van der Waals surface area contributed by atoms with Crippen LogP contribution in [0.4, 0.5) is 0 Å². The minimum Gasteiger partial charge on any atom is -0.303 e. The molecular formula is C41H50Cl2N2. The second kappa shape index (κ2) is 16.3. The predicted octanol–water partition coefficient (Wildman–Crippen LogP) is 10.7. The number of halogens is 2. The number of hydrogen-bond acceptors (Lipinski definition) is 2. The van der Waals surface area contributed by atoms with E-state index < -0.39 is 0 Å². The van der Waals surface area contributed by atoms with Crippen LogP contribution in [-0.4, -0.2) is 49.1 Å². The monoisotopic (exact) mass is 640 g/mol. The maximum Gasteiger partial charge on any atom is 0.0463 e. The third-order valence-electron chi connectivity index (χ3n) is 10.1. The van der Waals surface area contributed by atoms with Gasteiger partial charge in [0, 0.05) is 27.4 Å². The summed E-state index contributed by atoms with van der Waals surface area (Å²) < 4.78 is 0. The van der Waals surface area contributed by atoms with Gasteiger partial charge >= 0.3 is 0 Å². The molecule has 2 nitrogen and oxygen atoms in total. The van der Waals surface area contributed by atoms with Crippen LogP contribution in [0, 0.1) is 0 Å². The second-order valence-corrected chi connectivity index (χ2v) is 13.9. The Labute approximate surface area is 282 Å². The summed E-state index contributed by atoms with van der Waals surface area (Å²) in [7, 11) is 0. The van der Waals surface area contributed by atoms with Gasteiger partial charge < -0.3 is 9.80 Å². The number of nitrogens with zero attached hydrogens (tertiary/aromatic N) is 2. The first-order valence-corrected chi connectivity index (χ1v) is 17.8. The van der Waals surface area contributed by atoms with Crippen LogP contribution in [-0.2, 0) is 10.8 Å². The van der Waals surface area contributed by atoms with Gasteiger partial charge in [-0.25, -0.2) is 0 Å². The Morgan fingerprint density at radius 2 is 1.11 bits per heavy atom. The van der Waals surface area contributed by atoms with Gasteiger partial charge in [0.1, 0.15) is 0 Å². The largest absolute Gasteiger partial charge is 0.303 e. The molecule has 0 N–H and O–H groups in total. The first-order chi connectivity index (χ1) is 22.0. The minimum atomic E-state index is -0.318. The van der Waals surface area contributed by atoms with Gasteiger partial charge in [0.05, 0.1) is 0 Å². The molecule has 0 bridgehead atoms. The van der Waals surface area contributed by atoms with Gasteiger partial charge in [-0.15, -0.1) is 0 Å². The normalized spacial score (nSPS) is 15.4. The van der Waals surface area contributed by atoms with Crippen molar-refractivity contribution in [1.82, 2.24) is 9.80 Å². The molecular weight excluding hydrogens is 591 g/mol. The Morgan fingerprint density at radius 3 is 1.60 bits per heavy atom. The molecule has 1 aliphatic rings. The number of unbranched alkanes of at least 4 members (excludes halogenated alkanes) is 2. The Kier molecular flexibility index (Phi) is 12.2. The summed E-state index contributed by atoms with van der Waals surface area (Å²) in [4.78, 5) is 5.49. The van der Waals surface area contributed by atoms with E-state index in [1.54, 1.807) is 0 Å². The van der Waals surface area contributed by atoms with E-state index in [-0.39, 0.29) is 10.8 Å². The average molecular weight is 642 g/mol. The Bertz CT molecular complexity index is 1360. The molecule has 0 amide bonds. The van der Waals surface area contributed by atoms with Crippen LogP contribution in [0.5, 0.6) is 0 Å². The number of rotatable bonds is 15. The van der Waals surface area contributed by atoms with E-state index in [4.69, 9.17) is 23.2 Å². The molecule has 45 heavy (non-hydrogen) atoms. The molecule has 0 spiro atoms. The van der Waals surface area contributed by atoms with E-state index in [0.717, 1.165) is 42.6 Å². The predicted molar refractivity (Wildman–Crippen MR) is 194 cm³/mol. The van der Waals surface area contributed by atoms with E-state index >= 15 is 0 Å². The van der Waals surface area contributed by atoms with Gasteiger partial charge in [-0.2, -0.15) is 0 Å². The number of benzene rings is 4. The van der Waals surface area contributed by atoms with Gasteiger partial charge in [-0.1, -0.05) is 135 Å². The van der Waals surface area contributed by atoms with Crippen molar-refractivity contribution < 1.29 is 0 Å². The molecule has 4 aromatic carbocycles. The zero-order valence-corrected chi connectivity index (χ0v) is 28.7. The van der Waals surface area contributed by atoms with Crippen molar-refractivity contribution in [2.75, 3.05) is 39.3 Å². The van der Waals surface area contributed by atoms with Gasteiger partial charge in [0.15, 0.2) is 0 Å². The lowest BCUT2D eigenvalue weighted by Crippen LogP contribution is -2.50. The molecule has 1 heterocycles. The van der Waals surface area contributed by atoms with Gasteiger partial charge in [0.2, 0.25) is 0 Å². The highest BCUT2D eigenvalue weighted by atomic mass is 35.5. The third kappa shape index (κ3) is 8.22. The van der Waals surface area contributed by atoms with E-state index in [1.165, 1.54) is 73.9 Å². The van der Waals surface area contributed by atoms with Crippen molar-refractivity contribution in [3.8, 4) is 0 Å². The third-order valence-corrected chi connectivity index (χ3v) is 10.6. The highest BCUT2D eigenvalue weighted by molar-refractivity contribution is 6.30. The summed E-state index contributed by atoms with van der Waals surface area (Å²) in [6, 6.07) is 39.3. The lowest BCUT2D eigenvalue weighted by atomic mass is 9.67. The molecule has 0 radical (unpaired) electrons. The molecule has 0 unspecified atom stereocenters. The lowest BCUT2D eigenvalue weighted by Gasteiger charge is -2.46. The van der Waals surface area contributed by atoms with Crippen LogP contribution >= 0.6 is 23.2 Å². The topological polar surface area (TPSA) is 6.48 Å². The second-order valence-electron chi connectivity index (χ2n) is 13.0. The molecule has 1 saturated heterocycles. The Balaban J connectivity index is 1.42. The quantitative estimate of drug-likeness (QED) is 0.119. The summed E-state index contributed by atoms with van der Waals surface area (Å²) in [5.74, 6) is 0. The van der Waals surface area contributed by atoms with Gasteiger partial charge in [0.25, 0.3) is 0 Å². The fourth-order valence-corrected chi connectivity index (χ4v) is 7.70. The zero-order chi connectivity index (χ0) is 31.5. The standard InChI is InChI=1S/C41H50Cl2N2/c1-3-5-28-45(29-6-4-2)33-40(34-13-9-7-10-14-34)25-30-44(31-26-40)32-27-41(35-15-11-8-12-16-35,36-17-21-38(42)22-18-36)37-19-23-39(43)24-20-37/h7-24H,3-6,25-33H2,1-2H3. The van der Waals surface area contributed by atoms with Crippen LogP contribution in [0.15, 0.2) is 109 Å². The number of hydrogen-bond donors (Lipinski definition) is 0. The Morgan fingerprint density at radius 1 is 0.644 bits per heavy atom. The summed E-state index contributed by atoms with van der Waals surface area (Å²) in [6.45, 7) is 11.4. The van der Waals surface area contributed by atoms with Crippen molar-refractivity contribution in [2.45, 2.75) is 69.6 Å². The summed E-state index contributed by atoms with van der Waals surface area (Å²) in [5, 5.41) is 1.52. The highest BCUT2D eigenvalue weighted by Crippen LogP contribution is 2.44. The summed E-state index contributed by atoms with van der Waals surface area (Å²) in [6.07, 6.45) is 8.39. The molecule has 0 saturated carbocycles. The van der Waals surface area contributed by atoms with E-state index in [9.17, 15) is 0 Å². The van der Waals surface area contributed by atoms with Crippen LogP contribution in [0.3, 0.4) is 0 Å². The van der Waals surface area contributed by atoms with Gasteiger partial charge in [-0.05, 0) is 111 Å². The van der Waals surface area contributed by atoms with Crippen molar-refractivity contribution in [2.24, 2.45) is 0 Å². The van der Waals surface area contributed by atoms with E-state index in [1.807, 2.05) is 24.3 Å². The zero-order valence-electron chi connectivity index (χ0n) is 27.2. The van der Waals surface area contributed by atoms with Gasteiger partial charge in [-0.3, -0.25) is 0 Å². The Hall–Kier alpha value is -2.62. The van der Waals surface area contributed by atoms with Crippen LogP contribution < -0.4 is 0 Å². The molecule has 0 atom stereocenters.